The summed E-state index contributed by atoms with van der Waals surface area (Å²) in [5, 5.41) is 7.93. The smallest absolute Gasteiger partial charge is 0.211 e. The first kappa shape index (κ1) is 17.4. The minimum Gasteiger partial charge on any atom is -0.309 e. The Kier molecular flexibility index (Phi) is 6.00. The van der Waals surface area contributed by atoms with Gasteiger partial charge in [-0.3, -0.25) is 4.68 Å². The molecule has 0 radical (unpaired) electrons. The fourth-order valence-electron chi connectivity index (χ4n) is 3.08. The molecule has 7 heteroatoms. The number of nitrogens with zero attached hydrogens (tertiary/aromatic N) is 3. The van der Waals surface area contributed by atoms with Crippen LogP contribution in [0.2, 0.25) is 0 Å². The lowest BCUT2D eigenvalue weighted by molar-refractivity contribution is 0.202. The van der Waals surface area contributed by atoms with Gasteiger partial charge < -0.3 is 5.32 Å². The van der Waals surface area contributed by atoms with Gasteiger partial charge in [-0.2, -0.15) is 5.10 Å². The van der Waals surface area contributed by atoms with Gasteiger partial charge in [0.2, 0.25) is 10.0 Å². The number of rotatable bonds is 7. The Morgan fingerprint density at radius 2 is 2.18 bits per heavy atom. The molecular formula is C15H28N4O2S. The summed E-state index contributed by atoms with van der Waals surface area (Å²) in [5.74, 6) is 0.370. The molecule has 1 aliphatic heterocycles. The van der Waals surface area contributed by atoms with E-state index in [0.29, 0.717) is 25.0 Å². The average Bonchev–Trinajstić information content (AvgIpc) is 2.92. The van der Waals surface area contributed by atoms with Gasteiger partial charge in [-0.1, -0.05) is 20.3 Å². The highest BCUT2D eigenvalue weighted by Crippen LogP contribution is 2.22. The maximum Gasteiger partial charge on any atom is 0.211 e. The number of nitrogens with one attached hydrogen (secondary N) is 1. The van der Waals surface area contributed by atoms with Crippen LogP contribution in [0.15, 0.2) is 12.4 Å². The van der Waals surface area contributed by atoms with Crippen molar-refractivity contribution < 1.29 is 8.42 Å². The molecule has 1 fully saturated rings. The van der Waals surface area contributed by atoms with E-state index in [1.54, 1.807) is 4.31 Å². The zero-order chi connectivity index (χ0) is 16.2. The number of aryl methyl sites for hydroxylation is 1. The lowest BCUT2D eigenvalue weighted by Gasteiger charge is -2.37. The molecule has 0 spiro atoms. The maximum absolute atomic E-state index is 11.7. The van der Waals surface area contributed by atoms with E-state index in [2.05, 4.69) is 30.5 Å². The fraction of sp³-hybridized carbons (Fsp3) is 0.800. The molecular weight excluding hydrogens is 300 g/mol. The largest absolute Gasteiger partial charge is 0.309 e. The molecule has 0 aromatic carbocycles. The molecule has 2 atom stereocenters. The highest BCUT2D eigenvalue weighted by atomic mass is 32.2. The second-order valence-corrected chi connectivity index (χ2v) is 8.16. The van der Waals surface area contributed by atoms with Gasteiger partial charge in [0.15, 0.2) is 0 Å². The molecule has 2 rings (SSSR count). The summed E-state index contributed by atoms with van der Waals surface area (Å²) >= 11 is 0. The molecule has 0 amide bonds. The van der Waals surface area contributed by atoms with Crippen molar-refractivity contribution >= 4 is 10.0 Å². The molecule has 1 aromatic rings. The zero-order valence-electron chi connectivity index (χ0n) is 13.8. The number of sulfonamides is 1. The second kappa shape index (κ2) is 7.57. The topological polar surface area (TPSA) is 67.2 Å². The average molecular weight is 328 g/mol. The Hall–Kier alpha value is -0.920. The normalized spacial score (nSPS) is 23.8. The fourth-order valence-corrected chi connectivity index (χ4v) is 3.98. The Balaban J connectivity index is 1.89. The van der Waals surface area contributed by atoms with Gasteiger partial charge >= 0.3 is 0 Å². The lowest BCUT2D eigenvalue weighted by atomic mass is 9.91. The van der Waals surface area contributed by atoms with E-state index >= 15 is 0 Å². The molecule has 1 saturated heterocycles. The Labute approximate surface area is 133 Å². The van der Waals surface area contributed by atoms with Crippen LogP contribution in [0.1, 0.15) is 38.7 Å². The second-order valence-electron chi connectivity index (χ2n) is 6.18. The first-order valence-electron chi connectivity index (χ1n) is 8.13. The number of hydrogen-bond donors (Lipinski definition) is 1. The van der Waals surface area contributed by atoms with Crippen LogP contribution in [0.25, 0.3) is 0 Å². The van der Waals surface area contributed by atoms with Gasteiger partial charge in [-0.05, 0) is 18.8 Å². The monoisotopic (exact) mass is 328 g/mol. The third-order valence-corrected chi connectivity index (χ3v) is 5.67. The molecule has 0 bridgehead atoms. The van der Waals surface area contributed by atoms with E-state index in [-0.39, 0.29) is 0 Å². The first-order chi connectivity index (χ1) is 10.4. The summed E-state index contributed by atoms with van der Waals surface area (Å²) in [6, 6.07) is 0.373. The maximum atomic E-state index is 11.7. The van der Waals surface area contributed by atoms with Crippen LogP contribution in [0.5, 0.6) is 0 Å². The van der Waals surface area contributed by atoms with Crippen molar-refractivity contribution in [3.05, 3.63) is 18.0 Å². The SMILES string of the molecule is CCCn1cc(CNC2CCN(S(C)(=O)=O)CC2CC)cn1. The van der Waals surface area contributed by atoms with E-state index in [4.69, 9.17) is 0 Å². The van der Waals surface area contributed by atoms with Crippen molar-refractivity contribution in [1.29, 1.82) is 0 Å². The van der Waals surface area contributed by atoms with Gasteiger partial charge in [-0.25, -0.2) is 12.7 Å². The lowest BCUT2D eigenvalue weighted by Crippen LogP contribution is -2.50. The highest BCUT2D eigenvalue weighted by molar-refractivity contribution is 7.88. The standard InChI is InChI=1S/C15H28N4O2S/c1-4-7-18-11-13(10-17-18)9-16-15-6-8-19(22(3,20)21)12-14(15)5-2/h10-11,14-16H,4-9,12H2,1-3H3. The summed E-state index contributed by atoms with van der Waals surface area (Å²) in [6.07, 6.45) is 8.23. The Morgan fingerprint density at radius 3 is 2.82 bits per heavy atom. The van der Waals surface area contributed by atoms with Crippen LogP contribution < -0.4 is 5.32 Å². The predicted molar refractivity (Wildman–Crippen MR) is 88.0 cm³/mol. The summed E-state index contributed by atoms with van der Waals surface area (Å²) in [5.41, 5.74) is 1.19. The van der Waals surface area contributed by atoms with Gasteiger partial charge in [-0.15, -0.1) is 0 Å². The Bertz CT molecular complexity index is 570. The van der Waals surface area contributed by atoms with Crippen LogP contribution in [0.3, 0.4) is 0 Å². The molecule has 2 heterocycles. The number of hydrogen-bond acceptors (Lipinski definition) is 4. The third-order valence-electron chi connectivity index (χ3n) is 4.40. The molecule has 0 saturated carbocycles. The zero-order valence-corrected chi connectivity index (χ0v) is 14.6. The van der Waals surface area contributed by atoms with Gasteiger partial charge in [0.1, 0.15) is 0 Å². The summed E-state index contributed by atoms with van der Waals surface area (Å²) in [4.78, 5) is 0. The predicted octanol–water partition coefficient (Wildman–Crippen LogP) is 1.44. The molecule has 22 heavy (non-hydrogen) atoms. The number of aromatic nitrogens is 2. The van der Waals surface area contributed by atoms with Crippen molar-refractivity contribution in [3.63, 3.8) is 0 Å². The van der Waals surface area contributed by atoms with Crippen molar-refractivity contribution in [2.24, 2.45) is 5.92 Å². The van der Waals surface area contributed by atoms with Crippen LogP contribution >= 0.6 is 0 Å². The quantitative estimate of drug-likeness (QED) is 0.822. The van der Waals surface area contributed by atoms with Crippen molar-refractivity contribution in [2.45, 2.75) is 52.2 Å². The van der Waals surface area contributed by atoms with Crippen LogP contribution in [0, 0.1) is 5.92 Å². The minimum atomic E-state index is -3.07. The van der Waals surface area contributed by atoms with Crippen molar-refractivity contribution in [3.8, 4) is 0 Å². The van der Waals surface area contributed by atoms with Gasteiger partial charge in [0.05, 0.1) is 12.5 Å². The van der Waals surface area contributed by atoms with E-state index < -0.39 is 10.0 Å². The van der Waals surface area contributed by atoms with Crippen LogP contribution in [-0.4, -0.2) is 47.9 Å². The molecule has 0 aliphatic carbocycles. The van der Waals surface area contributed by atoms with Crippen molar-refractivity contribution in [2.75, 3.05) is 19.3 Å². The van der Waals surface area contributed by atoms with Crippen LogP contribution in [0.4, 0.5) is 0 Å². The molecule has 2 unspecified atom stereocenters. The van der Waals surface area contributed by atoms with Gasteiger partial charge in [0.25, 0.3) is 0 Å². The summed E-state index contributed by atoms with van der Waals surface area (Å²) in [6.45, 7) is 7.25. The highest BCUT2D eigenvalue weighted by Gasteiger charge is 2.31. The van der Waals surface area contributed by atoms with Gasteiger partial charge in [0, 0.05) is 44.0 Å². The summed E-state index contributed by atoms with van der Waals surface area (Å²) in [7, 11) is -3.07. The molecule has 1 N–H and O–H groups in total. The minimum absolute atomic E-state index is 0.370. The molecule has 1 aromatic heterocycles. The van der Waals surface area contributed by atoms with E-state index in [1.807, 2.05) is 10.9 Å². The summed E-state index contributed by atoms with van der Waals surface area (Å²) < 4.78 is 27.0. The van der Waals surface area contributed by atoms with E-state index in [0.717, 1.165) is 32.4 Å². The van der Waals surface area contributed by atoms with E-state index in [9.17, 15) is 8.42 Å². The van der Waals surface area contributed by atoms with Crippen molar-refractivity contribution in [1.82, 2.24) is 19.4 Å². The third kappa shape index (κ3) is 4.54. The molecule has 1 aliphatic rings. The first-order valence-corrected chi connectivity index (χ1v) is 9.98. The number of piperidine rings is 1. The molecule has 6 nitrogen and oxygen atoms in total. The van der Waals surface area contributed by atoms with E-state index in [1.165, 1.54) is 11.8 Å². The van der Waals surface area contributed by atoms with Crippen LogP contribution in [-0.2, 0) is 23.1 Å². The molecule has 126 valence electrons. The Morgan fingerprint density at radius 1 is 1.41 bits per heavy atom.